The SMILES string of the molecule is O=C1OCc2c(cc3n(c2=O)Cc2c-3nc3cc4c(cc3c2C2CC2)OCO4)C1O. The highest BCUT2D eigenvalue weighted by atomic mass is 16.7. The van der Waals surface area contributed by atoms with Crippen LogP contribution in [0.4, 0.5) is 0 Å². The number of carbonyl (C=O) groups is 1. The molecule has 1 N–H and O–H groups in total. The second-order valence-electron chi connectivity index (χ2n) is 8.21. The zero-order chi connectivity index (χ0) is 20.1. The molecule has 30 heavy (non-hydrogen) atoms. The first kappa shape index (κ1) is 16.4. The lowest BCUT2D eigenvalue weighted by Crippen LogP contribution is -2.32. The number of pyridine rings is 2. The van der Waals surface area contributed by atoms with E-state index in [1.807, 2.05) is 12.1 Å². The van der Waals surface area contributed by atoms with Crippen LogP contribution in [0.15, 0.2) is 23.0 Å². The summed E-state index contributed by atoms with van der Waals surface area (Å²) < 4.78 is 17.7. The van der Waals surface area contributed by atoms with Crippen LogP contribution >= 0.6 is 0 Å². The number of rotatable bonds is 1. The minimum Gasteiger partial charge on any atom is -0.458 e. The van der Waals surface area contributed by atoms with Crippen molar-refractivity contribution in [3.05, 3.63) is 50.8 Å². The van der Waals surface area contributed by atoms with Crippen molar-refractivity contribution < 1.29 is 24.1 Å². The summed E-state index contributed by atoms with van der Waals surface area (Å²) in [4.78, 5) is 29.9. The maximum absolute atomic E-state index is 13.2. The van der Waals surface area contributed by atoms with Crippen LogP contribution in [0.2, 0.25) is 0 Å². The molecule has 1 unspecified atom stereocenters. The highest BCUT2D eigenvalue weighted by molar-refractivity contribution is 5.91. The molecule has 0 bridgehead atoms. The molecular formula is C22H16N2O6. The van der Waals surface area contributed by atoms with Crippen molar-refractivity contribution in [1.82, 2.24) is 9.55 Å². The first-order valence-electron chi connectivity index (χ1n) is 9.98. The first-order valence-corrected chi connectivity index (χ1v) is 9.98. The normalized spacial score (nSPS) is 20.7. The Bertz CT molecular complexity index is 1370. The Morgan fingerprint density at radius 3 is 2.63 bits per heavy atom. The van der Waals surface area contributed by atoms with E-state index in [9.17, 15) is 14.7 Å². The summed E-state index contributed by atoms with van der Waals surface area (Å²) in [6.07, 6.45) is 0.750. The molecule has 0 saturated heterocycles. The van der Waals surface area contributed by atoms with E-state index in [1.54, 1.807) is 10.6 Å². The lowest BCUT2D eigenvalue weighted by atomic mass is 9.96. The molecule has 2 aromatic heterocycles. The van der Waals surface area contributed by atoms with E-state index in [-0.39, 0.29) is 19.0 Å². The summed E-state index contributed by atoms with van der Waals surface area (Å²) in [6, 6.07) is 5.59. The number of aromatic nitrogens is 2. The fraction of sp³-hybridized carbons (Fsp3) is 0.318. The number of fused-ring (bicyclic) bond motifs is 6. The predicted octanol–water partition coefficient (Wildman–Crippen LogP) is 2.12. The predicted molar refractivity (Wildman–Crippen MR) is 103 cm³/mol. The van der Waals surface area contributed by atoms with E-state index in [2.05, 4.69) is 0 Å². The lowest BCUT2D eigenvalue weighted by molar-refractivity contribution is -0.157. The van der Waals surface area contributed by atoms with Gasteiger partial charge >= 0.3 is 5.97 Å². The van der Waals surface area contributed by atoms with Crippen LogP contribution in [0.5, 0.6) is 11.5 Å². The van der Waals surface area contributed by atoms with E-state index in [0.717, 1.165) is 35.0 Å². The summed E-state index contributed by atoms with van der Waals surface area (Å²) in [5, 5.41) is 11.3. The van der Waals surface area contributed by atoms with Gasteiger partial charge in [0.25, 0.3) is 5.56 Å². The average molecular weight is 404 g/mol. The molecule has 4 aliphatic rings. The van der Waals surface area contributed by atoms with Gasteiger partial charge in [-0.25, -0.2) is 9.78 Å². The molecule has 0 amide bonds. The molecule has 7 rings (SSSR count). The lowest BCUT2D eigenvalue weighted by Gasteiger charge is -2.21. The van der Waals surface area contributed by atoms with Gasteiger partial charge in [0, 0.05) is 22.6 Å². The monoisotopic (exact) mass is 404 g/mol. The molecule has 8 nitrogen and oxygen atoms in total. The molecule has 1 aliphatic carbocycles. The second kappa shape index (κ2) is 5.40. The Hall–Kier alpha value is -3.39. The van der Waals surface area contributed by atoms with Gasteiger partial charge in [0.2, 0.25) is 6.79 Å². The number of esters is 1. The van der Waals surface area contributed by atoms with Crippen LogP contribution in [-0.4, -0.2) is 27.4 Å². The molecule has 3 aromatic rings. The summed E-state index contributed by atoms with van der Waals surface area (Å²) >= 11 is 0. The Morgan fingerprint density at radius 2 is 1.83 bits per heavy atom. The van der Waals surface area contributed by atoms with E-state index in [1.165, 1.54) is 5.56 Å². The minimum atomic E-state index is -1.45. The Morgan fingerprint density at radius 1 is 1.03 bits per heavy atom. The van der Waals surface area contributed by atoms with E-state index >= 15 is 0 Å². The molecule has 3 aliphatic heterocycles. The molecule has 150 valence electrons. The number of cyclic esters (lactones) is 1. The summed E-state index contributed by atoms with van der Waals surface area (Å²) in [7, 11) is 0. The second-order valence-corrected chi connectivity index (χ2v) is 8.21. The van der Waals surface area contributed by atoms with Crippen LogP contribution in [0, 0.1) is 0 Å². The molecule has 8 heteroatoms. The maximum atomic E-state index is 13.2. The van der Waals surface area contributed by atoms with Gasteiger partial charge in [-0.05, 0) is 36.5 Å². The van der Waals surface area contributed by atoms with E-state index in [4.69, 9.17) is 19.2 Å². The Kier molecular flexibility index (Phi) is 2.95. The largest absolute Gasteiger partial charge is 0.458 e. The van der Waals surface area contributed by atoms with Gasteiger partial charge in [-0.3, -0.25) is 4.79 Å². The Labute approximate surface area is 169 Å². The van der Waals surface area contributed by atoms with Crippen molar-refractivity contribution in [3.63, 3.8) is 0 Å². The molecule has 1 aromatic carbocycles. The number of aliphatic hydroxyl groups is 1. The van der Waals surface area contributed by atoms with Crippen LogP contribution in [0.3, 0.4) is 0 Å². The van der Waals surface area contributed by atoms with Crippen LogP contribution in [0.1, 0.15) is 47.1 Å². The molecule has 1 atom stereocenters. The third-order valence-electron chi connectivity index (χ3n) is 6.48. The third kappa shape index (κ3) is 2.01. The molecule has 5 heterocycles. The number of aliphatic hydroxyl groups excluding tert-OH is 1. The standard InChI is InChI=1S/C22H16N2O6/c25-20-10-3-15-19-12(6-24(15)21(26)13(10)7-28-22(20)27)18(9-1-2-9)11-4-16-17(30-8-29-16)5-14(11)23-19/h3-5,9,20,25H,1-2,6-8H2. The zero-order valence-corrected chi connectivity index (χ0v) is 15.8. The topological polar surface area (TPSA) is 99.9 Å². The number of ether oxygens (including phenoxy) is 3. The molecule has 0 radical (unpaired) electrons. The number of carbonyl (C=O) groups excluding carboxylic acids is 1. The van der Waals surface area contributed by atoms with Gasteiger partial charge in [0.15, 0.2) is 17.6 Å². The highest BCUT2D eigenvalue weighted by Gasteiger charge is 2.37. The number of benzene rings is 1. The number of hydrogen-bond donors (Lipinski definition) is 1. The van der Waals surface area contributed by atoms with Crippen LogP contribution in [0.25, 0.3) is 22.3 Å². The maximum Gasteiger partial charge on any atom is 0.340 e. The van der Waals surface area contributed by atoms with Crippen LogP contribution < -0.4 is 15.0 Å². The fourth-order valence-corrected chi connectivity index (χ4v) is 4.89. The summed E-state index contributed by atoms with van der Waals surface area (Å²) in [5.74, 6) is 1.08. The average Bonchev–Trinajstić information content (AvgIpc) is 3.36. The van der Waals surface area contributed by atoms with E-state index in [0.29, 0.717) is 40.8 Å². The van der Waals surface area contributed by atoms with Gasteiger partial charge in [0.05, 0.1) is 29.0 Å². The first-order chi connectivity index (χ1) is 14.6. The van der Waals surface area contributed by atoms with Crippen molar-refractivity contribution in [2.45, 2.75) is 38.0 Å². The van der Waals surface area contributed by atoms with Gasteiger partial charge in [-0.15, -0.1) is 0 Å². The third-order valence-corrected chi connectivity index (χ3v) is 6.48. The summed E-state index contributed by atoms with van der Waals surface area (Å²) in [5.41, 5.74) is 4.80. The molecule has 0 spiro atoms. The van der Waals surface area contributed by atoms with Gasteiger partial charge in [-0.2, -0.15) is 0 Å². The fourth-order valence-electron chi connectivity index (χ4n) is 4.89. The van der Waals surface area contributed by atoms with Gasteiger partial charge in [-0.1, -0.05) is 0 Å². The minimum absolute atomic E-state index is 0.118. The van der Waals surface area contributed by atoms with Crippen molar-refractivity contribution in [2.75, 3.05) is 6.79 Å². The van der Waals surface area contributed by atoms with Crippen molar-refractivity contribution in [1.29, 1.82) is 0 Å². The van der Waals surface area contributed by atoms with Crippen molar-refractivity contribution in [2.24, 2.45) is 0 Å². The number of nitrogens with zero attached hydrogens (tertiary/aromatic N) is 2. The zero-order valence-electron chi connectivity index (χ0n) is 15.8. The molecule has 1 fully saturated rings. The van der Waals surface area contributed by atoms with Crippen molar-refractivity contribution in [3.8, 4) is 22.9 Å². The smallest absolute Gasteiger partial charge is 0.340 e. The molecular weight excluding hydrogens is 388 g/mol. The number of hydrogen-bond acceptors (Lipinski definition) is 7. The summed E-state index contributed by atoms with van der Waals surface area (Å²) in [6.45, 7) is 0.499. The van der Waals surface area contributed by atoms with Crippen LogP contribution in [-0.2, 0) is 22.7 Å². The van der Waals surface area contributed by atoms with Gasteiger partial charge < -0.3 is 23.9 Å². The quantitative estimate of drug-likeness (QED) is 0.485. The van der Waals surface area contributed by atoms with Crippen molar-refractivity contribution >= 4 is 16.9 Å². The van der Waals surface area contributed by atoms with Gasteiger partial charge in [0.1, 0.15) is 6.61 Å². The molecule has 1 saturated carbocycles. The van der Waals surface area contributed by atoms with E-state index < -0.39 is 12.1 Å². The Balaban J connectivity index is 1.53. The highest BCUT2D eigenvalue weighted by Crippen LogP contribution is 2.50.